The van der Waals surface area contributed by atoms with Crippen molar-refractivity contribution in [1.29, 1.82) is 0 Å². The SMILES string of the molecule is CCn1c(=NC(=O)c2ccc(S(=O)(=O)N3CCCCCC3)cc2)sc2c(OC)ccc(OC)c21. The second-order valence-electron chi connectivity index (χ2n) is 8.04. The molecule has 10 heteroatoms. The van der Waals surface area contributed by atoms with Gasteiger partial charge < -0.3 is 14.0 Å². The number of benzene rings is 2. The lowest BCUT2D eigenvalue weighted by molar-refractivity contribution is 0.0997. The molecule has 0 radical (unpaired) electrons. The predicted octanol–water partition coefficient (Wildman–Crippen LogP) is 4.05. The predicted molar refractivity (Wildman–Crippen MR) is 132 cm³/mol. The fraction of sp³-hybridized carbons (Fsp3) is 0.417. The highest BCUT2D eigenvalue weighted by Gasteiger charge is 2.25. The maximum Gasteiger partial charge on any atom is 0.279 e. The Morgan fingerprint density at radius 2 is 1.59 bits per heavy atom. The van der Waals surface area contributed by atoms with E-state index >= 15 is 0 Å². The first-order valence-electron chi connectivity index (χ1n) is 11.3. The molecule has 1 aromatic heterocycles. The Morgan fingerprint density at radius 3 is 2.18 bits per heavy atom. The minimum Gasteiger partial charge on any atom is -0.495 e. The van der Waals surface area contributed by atoms with Gasteiger partial charge in [-0.3, -0.25) is 4.79 Å². The van der Waals surface area contributed by atoms with Crippen molar-refractivity contribution < 1.29 is 22.7 Å². The summed E-state index contributed by atoms with van der Waals surface area (Å²) in [6.07, 6.45) is 3.84. The molecule has 0 unspecified atom stereocenters. The number of hydrogen-bond acceptors (Lipinski definition) is 6. The molecule has 0 N–H and O–H groups in total. The molecule has 1 aliphatic rings. The van der Waals surface area contributed by atoms with E-state index in [1.807, 2.05) is 23.6 Å². The number of nitrogens with zero attached hydrogens (tertiary/aromatic N) is 3. The largest absolute Gasteiger partial charge is 0.495 e. The van der Waals surface area contributed by atoms with Crippen molar-refractivity contribution in [2.45, 2.75) is 44.0 Å². The third kappa shape index (κ3) is 4.62. The Bertz CT molecular complexity index is 1350. The van der Waals surface area contributed by atoms with E-state index in [4.69, 9.17) is 9.47 Å². The molecule has 1 amide bonds. The van der Waals surface area contributed by atoms with Crippen LogP contribution >= 0.6 is 11.3 Å². The fourth-order valence-corrected chi connectivity index (χ4v) is 6.90. The van der Waals surface area contributed by atoms with E-state index in [9.17, 15) is 13.2 Å². The van der Waals surface area contributed by atoms with Gasteiger partial charge in [-0.25, -0.2) is 8.42 Å². The molecule has 0 saturated carbocycles. The van der Waals surface area contributed by atoms with Gasteiger partial charge in [0.05, 0.1) is 19.1 Å². The number of thiazole rings is 1. The van der Waals surface area contributed by atoms with Gasteiger partial charge in [-0.05, 0) is 56.2 Å². The van der Waals surface area contributed by atoms with E-state index in [1.165, 1.54) is 35.6 Å². The van der Waals surface area contributed by atoms with Crippen LogP contribution in [0.5, 0.6) is 11.5 Å². The number of aryl methyl sites for hydroxylation is 1. The number of sulfonamides is 1. The number of methoxy groups -OCH3 is 2. The summed E-state index contributed by atoms with van der Waals surface area (Å²) in [6, 6.07) is 9.70. The molecule has 1 saturated heterocycles. The standard InChI is InChI=1S/C24H29N3O5S2/c1-4-27-21-19(31-2)13-14-20(32-3)22(21)33-24(27)25-23(28)17-9-11-18(12-10-17)34(29,30)26-15-7-5-6-8-16-26/h9-14H,4-8,15-16H2,1-3H3. The summed E-state index contributed by atoms with van der Waals surface area (Å²) in [5, 5.41) is 0. The number of amides is 1. The Labute approximate surface area is 203 Å². The molecule has 2 aromatic carbocycles. The number of carbonyl (C=O) groups excluding carboxylic acids is 1. The Morgan fingerprint density at radius 1 is 0.971 bits per heavy atom. The van der Waals surface area contributed by atoms with Crippen LogP contribution in [0, 0.1) is 0 Å². The van der Waals surface area contributed by atoms with Crippen molar-refractivity contribution >= 4 is 37.5 Å². The molecule has 0 aliphatic carbocycles. The molecule has 182 valence electrons. The summed E-state index contributed by atoms with van der Waals surface area (Å²) < 4.78 is 41.3. The minimum atomic E-state index is -3.57. The number of rotatable bonds is 6. The average molecular weight is 504 g/mol. The van der Waals surface area contributed by atoms with Crippen molar-refractivity contribution in [3.8, 4) is 11.5 Å². The van der Waals surface area contributed by atoms with E-state index in [1.54, 1.807) is 18.5 Å². The summed E-state index contributed by atoms with van der Waals surface area (Å²) >= 11 is 1.35. The maximum atomic E-state index is 13.0. The van der Waals surface area contributed by atoms with Gasteiger partial charge >= 0.3 is 0 Å². The Hall–Kier alpha value is -2.69. The van der Waals surface area contributed by atoms with E-state index in [2.05, 4.69) is 4.99 Å². The smallest absolute Gasteiger partial charge is 0.279 e. The van der Waals surface area contributed by atoms with Gasteiger partial charge in [0.2, 0.25) is 10.0 Å². The highest BCUT2D eigenvalue weighted by molar-refractivity contribution is 7.89. The quantitative estimate of drug-likeness (QED) is 0.506. The first-order valence-corrected chi connectivity index (χ1v) is 13.6. The molecule has 2 heterocycles. The van der Waals surface area contributed by atoms with E-state index < -0.39 is 15.9 Å². The zero-order valence-corrected chi connectivity index (χ0v) is 21.2. The third-order valence-electron chi connectivity index (χ3n) is 6.01. The fourth-order valence-electron chi connectivity index (χ4n) is 4.18. The second-order valence-corrected chi connectivity index (χ2v) is 11.0. The van der Waals surface area contributed by atoms with Crippen LogP contribution in [-0.2, 0) is 16.6 Å². The van der Waals surface area contributed by atoms with Gasteiger partial charge in [0.15, 0.2) is 4.80 Å². The summed E-state index contributed by atoms with van der Waals surface area (Å²) in [5.41, 5.74) is 1.15. The van der Waals surface area contributed by atoms with Gasteiger partial charge in [-0.1, -0.05) is 24.2 Å². The first-order chi connectivity index (χ1) is 16.4. The van der Waals surface area contributed by atoms with E-state index in [0.29, 0.717) is 41.5 Å². The van der Waals surface area contributed by atoms with Crippen LogP contribution in [0.1, 0.15) is 43.0 Å². The molecule has 3 aromatic rings. The lowest BCUT2D eigenvalue weighted by Crippen LogP contribution is -2.31. The number of carbonyl (C=O) groups is 1. The molecular weight excluding hydrogens is 474 g/mol. The van der Waals surface area contributed by atoms with Crippen LogP contribution < -0.4 is 14.3 Å². The van der Waals surface area contributed by atoms with E-state index in [0.717, 1.165) is 35.9 Å². The number of hydrogen-bond donors (Lipinski definition) is 0. The van der Waals surface area contributed by atoms with Crippen molar-refractivity contribution in [1.82, 2.24) is 8.87 Å². The maximum absolute atomic E-state index is 13.0. The lowest BCUT2D eigenvalue weighted by Gasteiger charge is -2.19. The Kier molecular flexibility index (Phi) is 7.39. The normalized spacial score (nSPS) is 15.9. The molecule has 34 heavy (non-hydrogen) atoms. The molecule has 4 rings (SSSR count). The van der Waals surface area contributed by atoms with Crippen LogP contribution in [0.4, 0.5) is 0 Å². The van der Waals surface area contributed by atoms with Crippen molar-refractivity contribution in [2.75, 3.05) is 27.3 Å². The monoisotopic (exact) mass is 503 g/mol. The summed E-state index contributed by atoms with van der Waals surface area (Å²) in [7, 11) is -0.372. The van der Waals surface area contributed by atoms with Crippen LogP contribution in [0.2, 0.25) is 0 Å². The van der Waals surface area contributed by atoms with E-state index in [-0.39, 0.29) is 4.90 Å². The molecule has 0 atom stereocenters. The zero-order chi connectivity index (χ0) is 24.3. The summed E-state index contributed by atoms with van der Waals surface area (Å²) in [6.45, 7) is 3.63. The second kappa shape index (κ2) is 10.3. The molecule has 8 nitrogen and oxygen atoms in total. The van der Waals surface area contributed by atoms with Crippen LogP contribution in [0.25, 0.3) is 10.2 Å². The lowest BCUT2D eigenvalue weighted by atomic mass is 10.2. The molecule has 0 spiro atoms. The van der Waals surface area contributed by atoms with Crippen LogP contribution in [-0.4, -0.2) is 50.5 Å². The van der Waals surface area contributed by atoms with Gasteiger partial charge in [0.25, 0.3) is 5.91 Å². The Balaban J connectivity index is 1.68. The van der Waals surface area contributed by atoms with Gasteiger partial charge in [-0.2, -0.15) is 9.30 Å². The van der Waals surface area contributed by atoms with Crippen LogP contribution in [0.3, 0.4) is 0 Å². The van der Waals surface area contributed by atoms with Crippen molar-refractivity contribution in [2.24, 2.45) is 4.99 Å². The highest BCUT2D eigenvalue weighted by atomic mass is 32.2. The third-order valence-corrected chi connectivity index (χ3v) is 9.02. The minimum absolute atomic E-state index is 0.200. The topological polar surface area (TPSA) is 90.2 Å². The molecule has 0 bridgehead atoms. The first kappa shape index (κ1) is 24.4. The van der Waals surface area contributed by atoms with Crippen LogP contribution in [0.15, 0.2) is 46.3 Å². The van der Waals surface area contributed by atoms with Gasteiger partial charge in [0.1, 0.15) is 21.7 Å². The number of ether oxygens (including phenoxy) is 2. The van der Waals surface area contributed by atoms with Gasteiger partial charge in [-0.15, -0.1) is 0 Å². The summed E-state index contributed by atoms with van der Waals surface area (Å²) in [4.78, 5) is 18.1. The van der Waals surface area contributed by atoms with Crippen molar-refractivity contribution in [3.63, 3.8) is 0 Å². The zero-order valence-electron chi connectivity index (χ0n) is 19.6. The summed E-state index contributed by atoms with van der Waals surface area (Å²) in [5.74, 6) is 0.913. The molecule has 1 aliphatic heterocycles. The number of fused-ring (bicyclic) bond motifs is 1. The molecule has 1 fully saturated rings. The number of aromatic nitrogens is 1. The molecular formula is C24H29N3O5S2. The highest BCUT2D eigenvalue weighted by Crippen LogP contribution is 2.35. The van der Waals surface area contributed by atoms with Crippen molar-refractivity contribution in [3.05, 3.63) is 46.8 Å². The van der Waals surface area contributed by atoms with Gasteiger partial charge in [0, 0.05) is 25.2 Å². The average Bonchev–Trinajstić information content (AvgIpc) is 3.01.